The van der Waals surface area contributed by atoms with Crippen molar-refractivity contribution < 1.29 is 14.6 Å². The Hall–Kier alpha value is -2.49. The molecule has 0 heterocycles. The summed E-state index contributed by atoms with van der Waals surface area (Å²) < 4.78 is 4.68. The first-order valence-electron chi connectivity index (χ1n) is 6.85. The van der Waals surface area contributed by atoms with E-state index in [1.165, 1.54) is 7.11 Å². The van der Waals surface area contributed by atoms with Crippen LogP contribution in [0.1, 0.15) is 22.8 Å². The van der Waals surface area contributed by atoms with E-state index in [2.05, 4.69) is 16.6 Å². The van der Waals surface area contributed by atoms with Crippen LogP contribution in [0.3, 0.4) is 0 Å². The van der Waals surface area contributed by atoms with Crippen molar-refractivity contribution in [3.63, 3.8) is 0 Å². The van der Waals surface area contributed by atoms with Crippen LogP contribution < -0.4 is 4.90 Å². The van der Waals surface area contributed by atoms with Gasteiger partial charge < -0.3 is 14.7 Å². The van der Waals surface area contributed by atoms with Gasteiger partial charge in [0.2, 0.25) is 0 Å². The molecule has 0 atom stereocenters. The number of ether oxygens (including phenoxy) is 1. The molecule has 4 nitrogen and oxygen atoms in total. The Labute approximate surface area is 124 Å². The normalized spacial score (nSPS) is 10.2. The van der Waals surface area contributed by atoms with Gasteiger partial charge in [0.1, 0.15) is 5.75 Å². The van der Waals surface area contributed by atoms with E-state index >= 15 is 0 Å². The van der Waals surface area contributed by atoms with Crippen LogP contribution in [-0.4, -0.2) is 24.7 Å². The predicted octanol–water partition coefficient (Wildman–Crippen LogP) is 3.21. The van der Waals surface area contributed by atoms with Crippen LogP contribution in [0.2, 0.25) is 0 Å². The van der Waals surface area contributed by atoms with Gasteiger partial charge in [0.25, 0.3) is 0 Å². The third kappa shape index (κ3) is 3.75. The zero-order valence-electron chi connectivity index (χ0n) is 12.2. The maximum absolute atomic E-state index is 11.4. The third-order valence-corrected chi connectivity index (χ3v) is 3.33. The summed E-state index contributed by atoms with van der Waals surface area (Å²) in [5.74, 6) is -0.0751. The topological polar surface area (TPSA) is 49.8 Å². The molecule has 2 rings (SSSR count). The summed E-state index contributed by atoms with van der Waals surface area (Å²) in [7, 11) is 1.37. The monoisotopic (exact) mass is 285 g/mol. The highest BCUT2D eigenvalue weighted by atomic mass is 16.5. The highest BCUT2D eigenvalue weighted by Gasteiger charge is 2.08. The standard InChI is InChI=1S/C17H19NO3/c1-3-18(15-5-4-6-16(19)11-15)12-13-7-9-14(10-8-13)17(20)21-2/h4-11,19H,3,12H2,1-2H3. The van der Waals surface area contributed by atoms with Gasteiger partial charge in [-0.05, 0) is 36.8 Å². The lowest BCUT2D eigenvalue weighted by molar-refractivity contribution is 0.0600. The lowest BCUT2D eigenvalue weighted by Gasteiger charge is -2.23. The van der Waals surface area contributed by atoms with E-state index in [0.717, 1.165) is 17.8 Å². The molecule has 0 saturated heterocycles. The number of nitrogens with zero attached hydrogens (tertiary/aromatic N) is 1. The largest absolute Gasteiger partial charge is 0.508 e. The van der Waals surface area contributed by atoms with Crippen LogP contribution in [0.15, 0.2) is 48.5 Å². The predicted molar refractivity (Wildman–Crippen MR) is 82.6 cm³/mol. The molecule has 0 aromatic heterocycles. The van der Waals surface area contributed by atoms with Crippen molar-refractivity contribution in [2.75, 3.05) is 18.6 Å². The summed E-state index contributed by atoms with van der Waals surface area (Å²) in [6.45, 7) is 3.59. The number of anilines is 1. The summed E-state index contributed by atoms with van der Waals surface area (Å²) in [5, 5.41) is 9.57. The maximum Gasteiger partial charge on any atom is 0.337 e. The van der Waals surface area contributed by atoms with Crippen molar-refractivity contribution in [2.45, 2.75) is 13.5 Å². The highest BCUT2D eigenvalue weighted by Crippen LogP contribution is 2.21. The smallest absolute Gasteiger partial charge is 0.337 e. The van der Waals surface area contributed by atoms with Crippen LogP contribution in [0, 0.1) is 0 Å². The number of hydrogen-bond acceptors (Lipinski definition) is 4. The fourth-order valence-electron chi connectivity index (χ4n) is 2.16. The van der Waals surface area contributed by atoms with Gasteiger partial charge in [-0.2, -0.15) is 0 Å². The van der Waals surface area contributed by atoms with Crippen molar-refractivity contribution in [1.82, 2.24) is 0 Å². The maximum atomic E-state index is 11.4. The van der Waals surface area contributed by atoms with Crippen LogP contribution in [0.4, 0.5) is 5.69 Å². The van der Waals surface area contributed by atoms with Crippen LogP contribution in [-0.2, 0) is 11.3 Å². The average molecular weight is 285 g/mol. The van der Waals surface area contributed by atoms with Gasteiger partial charge in [-0.25, -0.2) is 4.79 Å². The Balaban J connectivity index is 2.13. The quantitative estimate of drug-likeness (QED) is 0.857. The van der Waals surface area contributed by atoms with E-state index < -0.39 is 0 Å². The molecule has 1 N–H and O–H groups in total. The fraction of sp³-hybridized carbons (Fsp3) is 0.235. The van der Waals surface area contributed by atoms with E-state index in [-0.39, 0.29) is 11.7 Å². The molecule has 2 aromatic carbocycles. The minimum atomic E-state index is -0.332. The Bertz CT molecular complexity index is 608. The summed E-state index contributed by atoms with van der Waals surface area (Å²) in [4.78, 5) is 13.5. The average Bonchev–Trinajstić information content (AvgIpc) is 2.52. The van der Waals surface area contributed by atoms with Gasteiger partial charge in [0, 0.05) is 24.8 Å². The molecule has 0 saturated carbocycles. The summed E-state index contributed by atoms with van der Waals surface area (Å²) in [6.07, 6.45) is 0. The number of phenols is 1. The molecule has 0 fully saturated rings. The van der Waals surface area contributed by atoms with Crippen molar-refractivity contribution in [3.05, 3.63) is 59.7 Å². The second-order valence-electron chi connectivity index (χ2n) is 4.72. The molecular weight excluding hydrogens is 266 g/mol. The summed E-state index contributed by atoms with van der Waals surface area (Å²) >= 11 is 0. The van der Waals surface area contributed by atoms with Gasteiger partial charge in [-0.3, -0.25) is 0 Å². The molecule has 4 heteroatoms. The molecule has 0 amide bonds. The lowest BCUT2D eigenvalue weighted by Crippen LogP contribution is -2.21. The molecular formula is C17H19NO3. The van der Waals surface area contributed by atoms with Crippen LogP contribution in [0.25, 0.3) is 0 Å². The zero-order chi connectivity index (χ0) is 15.2. The second-order valence-corrected chi connectivity index (χ2v) is 4.72. The minimum Gasteiger partial charge on any atom is -0.508 e. The molecule has 0 aliphatic carbocycles. The Morgan fingerprint density at radius 1 is 1.19 bits per heavy atom. The number of benzene rings is 2. The number of esters is 1. The molecule has 21 heavy (non-hydrogen) atoms. The van der Waals surface area contributed by atoms with E-state index in [9.17, 15) is 9.90 Å². The first kappa shape index (κ1) is 14.9. The molecule has 0 unspecified atom stereocenters. The van der Waals surface area contributed by atoms with E-state index in [4.69, 9.17) is 0 Å². The number of hydrogen-bond donors (Lipinski definition) is 1. The Morgan fingerprint density at radius 3 is 2.48 bits per heavy atom. The molecule has 2 aromatic rings. The molecule has 0 radical (unpaired) electrons. The SMILES string of the molecule is CCN(Cc1ccc(C(=O)OC)cc1)c1cccc(O)c1. The van der Waals surface area contributed by atoms with Gasteiger partial charge in [0.15, 0.2) is 0 Å². The number of carbonyl (C=O) groups excluding carboxylic acids is 1. The number of aromatic hydroxyl groups is 1. The molecule has 0 aliphatic rings. The summed E-state index contributed by atoms with van der Waals surface area (Å²) in [6, 6.07) is 14.5. The van der Waals surface area contributed by atoms with Crippen LogP contribution >= 0.6 is 0 Å². The third-order valence-electron chi connectivity index (χ3n) is 3.33. The summed E-state index contributed by atoms with van der Waals surface area (Å²) in [5.41, 5.74) is 2.60. The van der Waals surface area contributed by atoms with Crippen molar-refractivity contribution >= 4 is 11.7 Å². The Morgan fingerprint density at radius 2 is 1.90 bits per heavy atom. The van der Waals surface area contributed by atoms with Crippen LogP contribution in [0.5, 0.6) is 5.75 Å². The molecule has 0 bridgehead atoms. The highest BCUT2D eigenvalue weighted by molar-refractivity contribution is 5.89. The van der Waals surface area contributed by atoms with Crippen molar-refractivity contribution in [3.8, 4) is 5.75 Å². The van der Waals surface area contributed by atoms with Gasteiger partial charge in [-0.1, -0.05) is 18.2 Å². The van der Waals surface area contributed by atoms with Crippen molar-refractivity contribution in [2.24, 2.45) is 0 Å². The van der Waals surface area contributed by atoms with Crippen molar-refractivity contribution in [1.29, 1.82) is 0 Å². The van der Waals surface area contributed by atoms with Gasteiger partial charge >= 0.3 is 5.97 Å². The zero-order valence-corrected chi connectivity index (χ0v) is 12.2. The van der Waals surface area contributed by atoms with Gasteiger partial charge in [0.05, 0.1) is 12.7 Å². The molecule has 0 spiro atoms. The first-order valence-corrected chi connectivity index (χ1v) is 6.85. The number of methoxy groups -OCH3 is 1. The lowest BCUT2D eigenvalue weighted by atomic mass is 10.1. The van der Waals surface area contributed by atoms with Gasteiger partial charge in [-0.15, -0.1) is 0 Å². The minimum absolute atomic E-state index is 0.256. The number of phenolic OH excluding ortho intramolecular Hbond substituents is 1. The van der Waals surface area contributed by atoms with E-state index in [1.54, 1.807) is 24.3 Å². The number of carbonyl (C=O) groups is 1. The molecule has 0 aliphatic heterocycles. The van der Waals surface area contributed by atoms with E-state index in [1.807, 2.05) is 24.3 Å². The van der Waals surface area contributed by atoms with E-state index in [0.29, 0.717) is 12.1 Å². The first-order chi connectivity index (χ1) is 10.1. The number of rotatable bonds is 5. The fourth-order valence-corrected chi connectivity index (χ4v) is 2.16. The molecule has 110 valence electrons. The Kier molecular flexibility index (Phi) is 4.82. The second kappa shape index (κ2) is 6.79.